The van der Waals surface area contributed by atoms with Crippen molar-refractivity contribution >= 4 is 0 Å². The van der Waals surface area contributed by atoms with E-state index in [0.29, 0.717) is 12.6 Å². The predicted octanol–water partition coefficient (Wildman–Crippen LogP) is 1.59. The summed E-state index contributed by atoms with van der Waals surface area (Å²) < 4.78 is 0. The van der Waals surface area contributed by atoms with Gasteiger partial charge in [0.1, 0.15) is 0 Å². The molecule has 0 aliphatic heterocycles. The Labute approximate surface area is 86.0 Å². The lowest BCUT2D eigenvalue weighted by Crippen LogP contribution is -2.32. The molecule has 1 aromatic rings. The van der Waals surface area contributed by atoms with Crippen molar-refractivity contribution in [2.24, 2.45) is 0 Å². The zero-order valence-corrected chi connectivity index (χ0v) is 8.90. The van der Waals surface area contributed by atoms with Crippen LogP contribution >= 0.6 is 0 Å². The summed E-state index contributed by atoms with van der Waals surface area (Å²) in [5.41, 5.74) is 1.19. The summed E-state index contributed by atoms with van der Waals surface area (Å²) >= 11 is 0. The van der Waals surface area contributed by atoms with Gasteiger partial charge in [-0.15, -0.1) is 0 Å². The van der Waals surface area contributed by atoms with Gasteiger partial charge in [-0.3, -0.25) is 0 Å². The van der Waals surface area contributed by atoms with Crippen LogP contribution in [0.5, 0.6) is 0 Å². The van der Waals surface area contributed by atoms with Crippen molar-refractivity contribution in [3.8, 4) is 0 Å². The number of benzene rings is 1. The normalized spacial score (nSPS) is 13.1. The highest BCUT2D eigenvalue weighted by Crippen LogP contribution is 2.02. The van der Waals surface area contributed by atoms with E-state index in [1.807, 2.05) is 30.3 Å². The van der Waals surface area contributed by atoms with Gasteiger partial charge in [-0.25, -0.2) is 0 Å². The fourth-order valence-corrected chi connectivity index (χ4v) is 1.33. The molecule has 0 aliphatic carbocycles. The first kappa shape index (κ1) is 11.2. The fourth-order valence-electron chi connectivity index (χ4n) is 1.33. The largest absolute Gasteiger partial charge is 0.391 e. The van der Waals surface area contributed by atoms with Gasteiger partial charge in [-0.2, -0.15) is 0 Å². The minimum absolute atomic E-state index is 0.292. The molecule has 0 saturated heterocycles. The Kier molecular flexibility index (Phi) is 4.63. The molecule has 14 heavy (non-hydrogen) atoms. The fraction of sp³-hybridized carbons (Fsp3) is 0.500. The summed E-state index contributed by atoms with van der Waals surface area (Å²) in [7, 11) is 0. The molecule has 0 saturated carbocycles. The summed E-state index contributed by atoms with van der Waals surface area (Å²) in [6.07, 6.45) is 0.431. The van der Waals surface area contributed by atoms with Crippen molar-refractivity contribution in [3.63, 3.8) is 0 Å². The van der Waals surface area contributed by atoms with Gasteiger partial charge in [0.15, 0.2) is 0 Å². The van der Waals surface area contributed by atoms with Gasteiger partial charge in [0.05, 0.1) is 6.10 Å². The molecule has 0 amide bonds. The van der Waals surface area contributed by atoms with Crippen LogP contribution in [-0.4, -0.2) is 23.8 Å². The molecule has 78 valence electrons. The van der Waals surface area contributed by atoms with Gasteiger partial charge in [-0.1, -0.05) is 44.2 Å². The van der Waals surface area contributed by atoms with E-state index >= 15 is 0 Å². The minimum Gasteiger partial charge on any atom is -0.391 e. The zero-order chi connectivity index (χ0) is 10.4. The van der Waals surface area contributed by atoms with E-state index in [1.165, 1.54) is 5.56 Å². The molecule has 0 aromatic heterocycles. The Morgan fingerprint density at radius 2 is 1.86 bits per heavy atom. The molecular formula is C12H19NO. The Morgan fingerprint density at radius 3 is 2.43 bits per heavy atom. The maximum absolute atomic E-state index is 9.69. The second-order valence-electron chi connectivity index (χ2n) is 3.91. The average molecular weight is 193 g/mol. The average Bonchev–Trinajstić information content (AvgIpc) is 2.16. The third kappa shape index (κ3) is 4.40. The van der Waals surface area contributed by atoms with Crippen LogP contribution in [0.3, 0.4) is 0 Å². The molecule has 2 N–H and O–H groups in total. The molecule has 2 nitrogen and oxygen atoms in total. The minimum atomic E-state index is -0.292. The molecular weight excluding hydrogens is 174 g/mol. The van der Waals surface area contributed by atoms with E-state index in [1.54, 1.807) is 0 Å². The van der Waals surface area contributed by atoms with Crippen LogP contribution in [0.2, 0.25) is 0 Å². The molecule has 1 aromatic carbocycles. The van der Waals surface area contributed by atoms with E-state index in [0.717, 1.165) is 6.42 Å². The molecule has 0 aliphatic rings. The maximum Gasteiger partial charge on any atom is 0.0704 e. The molecule has 0 fully saturated rings. The quantitative estimate of drug-likeness (QED) is 0.744. The first-order valence-corrected chi connectivity index (χ1v) is 5.14. The topological polar surface area (TPSA) is 32.3 Å². The molecule has 0 heterocycles. The number of hydrogen-bond acceptors (Lipinski definition) is 2. The van der Waals surface area contributed by atoms with Crippen LogP contribution in [0.15, 0.2) is 30.3 Å². The lowest BCUT2D eigenvalue weighted by Gasteiger charge is -2.13. The highest BCUT2D eigenvalue weighted by atomic mass is 16.3. The number of aliphatic hydroxyl groups is 1. The molecule has 1 unspecified atom stereocenters. The van der Waals surface area contributed by atoms with Crippen molar-refractivity contribution in [1.29, 1.82) is 0 Å². The summed E-state index contributed by atoms with van der Waals surface area (Å²) in [5, 5.41) is 12.9. The van der Waals surface area contributed by atoms with E-state index in [9.17, 15) is 5.11 Å². The van der Waals surface area contributed by atoms with Crippen LogP contribution in [0.25, 0.3) is 0 Å². The Morgan fingerprint density at radius 1 is 1.21 bits per heavy atom. The van der Waals surface area contributed by atoms with Crippen molar-refractivity contribution in [2.45, 2.75) is 32.4 Å². The number of aliphatic hydroxyl groups excluding tert-OH is 1. The molecule has 0 spiro atoms. The highest BCUT2D eigenvalue weighted by Gasteiger charge is 2.05. The van der Waals surface area contributed by atoms with Crippen LogP contribution in [0.1, 0.15) is 19.4 Å². The Bertz CT molecular complexity index is 246. The zero-order valence-electron chi connectivity index (χ0n) is 8.90. The van der Waals surface area contributed by atoms with Crippen LogP contribution in [-0.2, 0) is 6.42 Å². The van der Waals surface area contributed by atoms with E-state index in [2.05, 4.69) is 19.2 Å². The van der Waals surface area contributed by atoms with E-state index in [4.69, 9.17) is 0 Å². The van der Waals surface area contributed by atoms with Crippen LogP contribution < -0.4 is 5.32 Å². The molecule has 0 radical (unpaired) electrons. The van der Waals surface area contributed by atoms with Crippen molar-refractivity contribution < 1.29 is 5.11 Å². The second-order valence-corrected chi connectivity index (χ2v) is 3.91. The lowest BCUT2D eigenvalue weighted by atomic mass is 10.1. The Balaban J connectivity index is 2.30. The monoisotopic (exact) mass is 193 g/mol. The summed E-state index contributed by atoms with van der Waals surface area (Å²) in [6, 6.07) is 10.5. The lowest BCUT2D eigenvalue weighted by molar-refractivity contribution is 0.169. The second kappa shape index (κ2) is 5.78. The van der Waals surface area contributed by atoms with Gasteiger partial charge < -0.3 is 10.4 Å². The standard InChI is InChI=1S/C12H19NO/c1-10(2)13-9-12(14)8-11-6-4-3-5-7-11/h3-7,10,12-14H,8-9H2,1-2H3. The summed E-state index contributed by atoms with van der Waals surface area (Å²) in [5.74, 6) is 0. The maximum atomic E-state index is 9.69. The van der Waals surface area contributed by atoms with E-state index in [-0.39, 0.29) is 6.10 Å². The number of rotatable bonds is 5. The molecule has 2 heteroatoms. The third-order valence-electron chi connectivity index (χ3n) is 2.08. The third-order valence-corrected chi connectivity index (χ3v) is 2.08. The van der Waals surface area contributed by atoms with Gasteiger partial charge in [0, 0.05) is 12.6 Å². The highest BCUT2D eigenvalue weighted by molar-refractivity contribution is 5.15. The van der Waals surface area contributed by atoms with Gasteiger partial charge in [-0.05, 0) is 12.0 Å². The van der Waals surface area contributed by atoms with Crippen LogP contribution in [0, 0.1) is 0 Å². The SMILES string of the molecule is CC(C)NCC(O)Cc1ccccc1. The van der Waals surface area contributed by atoms with E-state index < -0.39 is 0 Å². The first-order chi connectivity index (χ1) is 6.68. The first-order valence-electron chi connectivity index (χ1n) is 5.14. The van der Waals surface area contributed by atoms with Crippen LogP contribution in [0.4, 0.5) is 0 Å². The van der Waals surface area contributed by atoms with Crippen molar-refractivity contribution in [3.05, 3.63) is 35.9 Å². The smallest absolute Gasteiger partial charge is 0.0704 e. The van der Waals surface area contributed by atoms with Crippen molar-refractivity contribution in [2.75, 3.05) is 6.54 Å². The summed E-state index contributed by atoms with van der Waals surface area (Å²) in [6.45, 7) is 4.82. The Hall–Kier alpha value is -0.860. The van der Waals surface area contributed by atoms with Crippen molar-refractivity contribution in [1.82, 2.24) is 5.32 Å². The number of nitrogens with one attached hydrogen (secondary N) is 1. The molecule has 1 atom stereocenters. The van der Waals surface area contributed by atoms with Gasteiger partial charge in [0.2, 0.25) is 0 Å². The number of hydrogen-bond donors (Lipinski definition) is 2. The predicted molar refractivity (Wildman–Crippen MR) is 59.3 cm³/mol. The molecule has 0 bridgehead atoms. The molecule has 1 rings (SSSR count). The van der Waals surface area contributed by atoms with Gasteiger partial charge in [0.25, 0.3) is 0 Å². The summed E-state index contributed by atoms with van der Waals surface area (Å²) in [4.78, 5) is 0. The van der Waals surface area contributed by atoms with Gasteiger partial charge >= 0.3 is 0 Å².